The lowest BCUT2D eigenvalue weighted by Gasteiger charge is -2.42. The molecule has 1 saturated carbocycles. The topological polar surface area (TPSA) is 46.3 Å². The molecule has 2 N–H and O–H groups in total. The average molecular weight is 286 g/mol. The van der Waals surface area contributed by atoms with Gasteiger partial charge in [0.25, 0.3) is 0 Å². The van der Waals surface area contributed by atoms with Crippen LogP contribution in [0.25, 0.3) is 0 Å². The second-order valence-corrected chi connectivity index (χ2v) is 6.54. The van der Waals surface area contributed by atoms with Crippen LogP contribution in [0.4, 0.5) is 0 Å². The smallest absolute Gasteiger partial charge is 0.229 e. The SMILES string of the molecule is CCC1(C(=O)N2CCc3ccccc3C2CN)CCCC1. The maximum atomic E-state index is 13.2. The Morgan fingerprint density at radius 1 is 1.33 bits per heavy atom. The summed E-state index contributed by atoms with van der Waals surface area (Å²) < 4.78 is 0. The van der Waals surface area contributed by atoms with Crippen molar-refractivity contribution in [3.63, 3.8) is 0 Å². The van der Waals surface area contributed by atoms with Crippen molar-refractivity contribution in [2.45, 2.75) is 51.5 Å². The molecule has 0 bridgehead atoms. The zero-order valence-corrected chi connectivity index (χ0v) is 13.0. The van der Waals surface area contributed by atoms with Crippen molar-refractivity contribution in [2.75, 3.05) is 13.1 Å². The molecule has 2 aliphatic rings. The third-order valence-electron chi connectivity index (χ3n) is 5.59. The molecule has 1 aliphatic carbocycles. The van der Waals surface area contributed by atoms with Gasteiger partial charge in [-0.2, -0.15) is 0 Å². The molecular weight excluding hydrogens is 260 g/mol. The Bertz CT molecular complexity index is 520. The van der Waals surface area contributed by atoms with Crippen LogP contribution >= 0.6 is 0 Å². The molecule has 1 unspecified atom stereocenters. The first-order valence-corrected chi connectivity index (χ1v) is 8.31. The summed E-state index contributed by atoms with van der Waals surface area (Å²) in [5, 5.41) is 0. The van der Waals surface area contributed by atoms with Gasteiger partial charge >= 0.3 is 0 Å². The monoisotopic (exact) mass is 286 g/mol. The Balaban J connectivity index is 1.90. The van der Waals surface area contributed by atoms with Crippen molar-refractivity contribution in [3.8, 4) is 0 Å². The zero-order valence-electron chi connectivity index (χ0n) is 13.0. The number of hydrogen-bond acceptors (Lipinski definition) is 2. The lowest BCUT2D eigenvalue weighted by atomic mass is 9.80. The first-order valence-electron chi connectivity index (χ1n) is 8.31. The van der Waals surface area contributed by atoms with E-state index in [2.05, 4.69) is 36.1 Å². The Labute approximate surface area is 127 Å². The van der Waals surface area contributed by atoms with E-state index in [4.69, 9.17) is 5.73 Å². The molecule has 3 rings (SSSR count). The van der Waals surface area contributed by atoms with Crippen LogP contribution in [0.1, 0.15) is 56.2 Å². The normalized spacial score (nSPS) is 23.9. The summed E-state index contributed by atoms with van der Waals surface area (Å²) in [6, 6.07) is 8.51. The van der Waals surface area contributed by atoms with Crippen LogP contribution in [0.5, 0.6) is 0 Å². The first kappa shape index (κ1) is 14.6. The van der Waals surface area contributed by atoms with E-state index in [9.17, 15) is 4.79 Å². The second kappa shape index (κ2) is 5.80. The number of rotatable bonds is 3. The van der Waals surface area contributed by atoms with Gasteiger partial charge in [0.15, 0.2) is 0 Å². The lowest BCUT2D eigenvalue weighted by Crippen LogP contribution is -2.49. The van der Waals surface area contributed by atoms with Gasteiger partial charge in [-0.3, -0.25) is 4.79 Å². The molecule has 0 saturated heterocycles. The molecule has 1 fully saturated rings. The molecule has 1 aliphatic heterocycles. The number of carbonyl (C=O) groups is 1. The summed E-state index contributed by atoms with van der Waals surface area (Å²) in [7, 11) is 0. The van der Waals surface area contributed by atoms with E-state index < -0.39 is 0 Å². The molecule has 1 heterocycles. The molecule has 3 nitrogen and oxygen atoms in total. The average Bonchev–Trinajstić information content (AvgIpc) is 3.03. The molecule has 114 valence electrons. The van der Waals surface area contributed by atoms with Crippen molar-refractivity contribution < 1.29 is 4.79 Å². The van der Waals surface area contributed by atoms with Gasteiger partial charge in [-0.25, -0.2) is 0 Å². The number of nitrogens with zero attached hydrogens (tertiary/aromatic N) is 1. The number of benzene rings is 1. The van der Waals surface area contributed by atoms with Crippen LogP contribution in [0.15, 0.2) is 24.3 Å². The van der Waals surface area contributed by atoms with Crippen molar-refractivity contribution in [1.29, 1.82) is 0 Å². The maximum Gasteiger partial charge on any atom is 0.229 e. The quantitative estimate of drug-likeness (QED) is 0.928. The fourth-order valence-electron chi connectivity index (χ4n) is 4.22. The summed E-state index contributed by atoms with van der Waals surface area (Å²) in [4.78, 5) is 15.3. The molecule has 0 spiro atoms. The van der Waals surface area contributed by atoms with Crippen LogP contribution in [0.3, 0.4) is 0 Å². The molecule has 1 aromatic rings. The van der Waals surface area contributed by atoms with Gasteiger partial charge in [-0.1, -0.05) is 44.0 Å². The minimum Gasteiger partial charge on any atom is -0.334 e. The molecule has 0 aromatic heterocycles. The molecule has 1 amide bonds. The fourth-order valence-corrected chi connectivity index (χ4v) is 4.22. The Morgan fingerprint density at radius 3 is 2.71 bits per heavy atom. The van der Waals surface area contributed by atoms with E-state index in [1.54, 1.807) is 0 Å². The number of amides is 1. The highest BCUT2D eigenvalue weighted by Gasteiger charge is 2.44. The van der Waals surface area contributed by atoms with Gasteiger partial charge in [0, 0.05) is 18.5 Å². The van der Waals surface area contributed by atoms with Crippen molar-refractivity contribution >= 4 is 5.91 Å². The first-order chi connectivity index (χ1) is 10.2. The Hall–Kier alpha value is -1.35. The third-order valence-corrected chi connectivity index (χ3v) is 5.59. The number of nitrogens with two attached hydrogens (primary N) is 1. The van der Waals surface area contributed by atoms with E-state index in [0.717, 1.165) is 32.2 Å². The third kappa shape index (κ3) is 2.38. The zero-order chi connectivity index (χ0) is 14.9. The predicted molar refractivity (Wildman–Crippen MR) is 84.8 cm³/mol. The van der Waals surface area contributed by atoms with Gasteiger partial charge in [0.2, 0.25) is 5.91 Å². The van der Waals surface area contributed by atoms with Gasteiger partial charge in [0.1, 0.15) is 0 Å². The Kier molecular flexibility index (Phi) is 4.03. The molecule has 21 heavy (non-hydrogen) atoms. The van der Waals surface area contributed by atoms with Crippen LogP contribution in [-0.4, -0.2) is 23.9 Å². The summed E-state index contributed by atoms with van der Waals surface area (Å²) in [5.74, 6) is 0.354. The van der Waals surface area contributed by atoms with E-state index in [1.165, 1.54) is 24.0 Å². The number of carbonyl (C=O) groups excluding carboxylic acids is 1. The van der Waals surface area contributed by atoms with E-state index >= 15 is 0 Å². The highest BCUT2D eigenvalue weighted by Crippen LogP contribution is 2.44. The number of hydrogen-bond donors (Lipinski definition) is 1. The van der Waals surface area contributed by atoms with Crippen LogP contribution < -0.4 is 5.73 Å². The highest BCUT2D eigenvalue weighted by molar-refractivity contribution is 5.83. The van der Waals surface area contributed by atoms with Crippen LogP contribution in [-0.2, 0) is 11.2 Å². The molecule has 0 radical (unpaired) electrons. The molecule has 3 heteroatoms. The summed E-state index contributed by atoms with van der Waals surface area (Å²) in [5.41, 5.74) is 8.53. The Morgan fingerprint density at radius 2 is 2.05 bits per heavy atom. The van der Waals surface area contributed by atoms with Crippen molar-refractivity contribution in [3.05, 3.63) is 35.4 Å². The number of fused-ring (bicyclic) bond motifs is 1. The van der Waals surface area contributed by atoms with Gasteiger partial charge in [-0.15, -0.1) is 0 Å². The fraction of sp³-hybridized carbons (Fsp3) is 0.611. The van der Waals surface area contributed by atoms with E-state index in [0.29, 0.717) is 12.5 Å². The minimum atomic E-state index is -0.111. The van der Waals surface area contributed by atoms with E-state index in [1.807, 2.05) is 0 Å². The highest BCUT2D eigenvalue weighted by atomic mass is 16.2. The predicted octanol–water partition coefficient (Wildman–Crippen LogP) is 3.04. The largest absolute Gasteiger partial charge is 0.334 e. The maximum absolute atomic E-state index is 13.2. The van der Waals surface area contributed by atoms with Gasteiger partial charge in [-0.05, 0) is 36.8 Å². The van der Waals surface area contributed by atoms with Crippen molar-refractivity contribution in [2.24, 2.45) is 11.1 Å². The lowest BCUT2D eigenvalue weighted by molar-refractivity contribution is -0.145. The second-order valence-electron chi connectivity index (χ2n) is 6.54. The molecule has 1 atom stereocenters. The van der Waals surface area contributed by atoms with Gasteiger partial charge < -0.3 is 10.6 Å². The van der Waals surface area contributed by atoms with Crippen LogP contribution in [0.2, 0.25) is 0 Å². The molecule has 1 aromatic carbocycles. The summed E-state index contributed by atoms with van der Waals surface area (Å²) in [6.07, 6.45) is 6.41. The summed E-state index contributed by atoms with van der Waals surface area (Å²) >= 11 is 0. The standard InChI is InChI=1S/C18H26N2O/c1-2-18(10-5-6-11-18)17(21)20-12-9-14-7-3-4-8-15(14)16(20)13-19/h3-4,7-8,16H,2,5-6,9-13,19H2,1H3. The molecular formula is C18H26N2O. The minimum absolute atomic E-state index is 0.0616. The van der Waals surface area contributed by atoms with Crippen LogP contribution in [0, 0.1) is 5.41 Å². The summed E-state index contributed by atoms with van der Waals surface area (Å²) in [6.45, 7) is 3.50. The van der Waals surface area contributed by atoms with E-state index in [-0.39, 0.29) is 11.5 Å². The van der Waals surface area contributed by atoms with Gasteiger partial charge in [0.05, 0.1) is 6.04 Å². The van der Waals surface area contributed by atoms with Crippen molar-refractivity contribution in [1.82, 2.24) is 4.90 Å².